The summed E-state index contributed by atoms with van der Waals surface area (Å²) in [7, 11) is 1.28. The number of para-hydroxylation sites is 1. The molecule has 134 valence electrons. The second-order valence-corrected chi connectivity index (χ2v) is 6.89. The first kappa shape index (κ1) is 17.5. The molecule has 2 fully saturated rings. The van der Waals surface area contributed by atoms with Gasteiger partial charge in [0.2, 0.25) is 0 Å². The van der Waals surface area contributed by atoms with Crippen LogP contribution in [0, 0.1) is 17.8 Å². The van der Waals surface area contributed by atoms with Crippen molar-refractivity contribution >= 4 is 23.5 Å². The highest BCUT2D eigenvalue weighted by Gasteiger charge is 2.40. The summed E-state index contributed by atoms with van der Waals surface area (Å²) in [5.74, 6) is 0.504. The van der Waals surface area contributed by atoms with Crippen molar-refractivity contribution in [2.75, 3.05) is 19.0 Å². The molecule has 6 heteroatoms. The molecule has 0 spiro atoms. The van der Waals surface area contributed by atoms with Crippen LogP contribution in [-0.2, 0) is 19.1 Å². The zero-order chi connectivity index (χ0) is 17.8. The van der Waals surface area contributed by atoms with Gasteiger partial charge in [0.1, 0.15) is 0 Å². The number of carbonyl (C=O) groups excluding carboxylic acids is 3. The molecule has 1 N–H and O–H groups in total. The lowest BCUT2D eigenvalue weighted by molar-refractivity contribution is -0.148. The summed E-state index contributed by atoms with van der Waals surface area (Å²) in [6, 6.07) is 6.53. The maximum Gasteiger partial charge on any atom is 0.339 e. The molecular formula is C19H23NO5. The van der Waals surface area contributed by atoms with Crippen molar-refractivity contribution in [3.8, 4) is 0 Å². The van der Waals surface area contributed by atoms with Gasteiger partial charge in [-0.25, -0.2) is 4.79 Å². The van der Waals surface area contributed by atoms with Crippen LogP contribution in [-0.4, -0.2) is 31.6 Å². The first-order valence-electron chi connectivity index (χ1n) is 8.69. The molecule has 3 rings (SSSR count). The third-order valence-corrected chi connectivity index (χ3v) is 5.28. The van der Waals surface area contributed by atoms with Crippen LogP contribution in [0.2, 0.25) is 0 Å². The van der Waals surface area contributed by atoms with Crippen molar-refractivity contribution in [3.63, 3.8) is 0 Å². The molecule has 2 bridgehead atoms. The maximum absolute atomic E-state index is 12.0. The molecule has 0 aromatic heterocycles. The first-order valence-corrected chi connectivity index (χ1v) is 8.69. The van der Waals surface area contributed by atoms with E-state index in [1.54, 1.807) is 24.3 Å². The number of fused-ring (bicyclic) bond motifs is 2. The maximum atomic E-state index is 12.0. The Hall–Kier alpha value is -2.37. The molecule has 0 heterocycles. The molecule has 0 radical (unpaired) electrons. The number of rotatable bonds is 6. The second kappa shape index (κ2) is 7.68. The molecule has 6 nitrogen and oxygen atoms in total. The summed E-state index contributed by atoms with van der Waals surface area (Å²) in [6.07, 6.45) is 5.25. The minimum Gasteiger partial charge on any atom is -0.465 e. The number of methoxy groups -OCH3 is 1. The zero-order valence-corrected chi connectivity index (χ0v) is 14.3. The van der Waals surface area contributed by atoms with E-state index in [0.29, 0.717) is 23.9 Å². The molecule has 2 aliphatic carbocycles. The predicted molar refractivity (Wildman–Crippen MR) is 90.9 cm³/mol. The van der Waals surface area contributed by atoms with Gasteiger partial charge in [-0.1, -0.05) is 18.6 Å². The van der Waals surface area contributed by atoms with E-state index in [1.807, 2.05) is 0 Å². The fraction of sp³-hybridized carbons (Fsp3) is 0.526. The predicted octanol–water partition coefficient (Wildman–Crippen LogP) is 2.78. The van der Waals surface area contributed by atoms with E-state index < -0.39 is 11.9 Å². The number of hydrogen-bond acceptors (Lipinski definition) is 5. The Labute approximate surface area is 146 Å². The Morgan fingerprint density at radius 1 is 1.16 bits per heavy atom. The van der Waals surface area contributed by atoms with Gasteiger partial charge in [0.25, 0.3) is 5.91 Å². The Morgan fingerprint density at radius 3 is 2.64 bits per heavy atom. The van der Waals surface area contributed by atoms with E-state index in [4.69, 9.17) is 4.74 Å². The van der Waals surface area contributed by atoms with Gasteiger partial charge >= 0.3 is 11.9 Å². The van der Waals surface area contributed by atoms with E-state index >= 15 is 0 Å². The monoisotopic (exact) mass is 345 g/mol. The lowest BCUT2D eigenvalue weighted by Crippen LogP contribution is -2.24. The third kappa shape index (κ3) is 4.18. The van der Waals surface area contributed by atoms with Crippen LogP contribution in [0.3, 0.4) is 0 Å². The van der Waals surface area contributed by atoms with Gasteiger partial charge in [0.15, 0.2) is 6.61 Å². The second-order valence-electron chi connectivity index (χ2n) is 6.89. The van der Waals surface area contributed by atoms with Crippen molar-refractivity contribution in [2.45, 2.75) is 32.1 Å². The molecule has 1 aromatic rings. The molecule has 2 aliphatic rings. The normalized spacial score (nSPS) is 24.0. The van der Waals surface area contributed by atoms with Gasteiger partial charge in [0.05, 0.1) is 18.4 Å². The summed E-state index contributed by atoms with van der Waals surface area (Å²) in [5.41, 5.74) is 0.593. The van der Waals surface area contributed by atoms with Crippen molar-refractivity contribution < 1.29 is 23.9 Å². The van der Waals surface area contributed by atoms with Crippen LogP contribution in [0.15, 0.2) is 24.3 Å². The van der Waals surface area contributed by atoms with Gasteiger partial charge in [0, 0.05) is 6.42 Å². The van der Waals surface area contributed by atoms with Gasteiger partial charge in [-0.2, -0.15) is 0 Å². The number of amides is 1. The summed E-state index contributed by atoms with van der Waals surface area (Å²) in [6.45, 7) is -0.352. The van der Waals surface area contributed by atoms with Gasteiger partial charge in [-0.3, -0.25) is 9.59 Å². The van der Waals surface area contributed by atoms with Crippen LogP contribution in [0.1, 0.15) is 42.5 Å². The van der Waals surface area contributed by atoms with Crippen molar-refractivity contribution in [1.29, 1.82) is 0 Å². The van der Waals surface area contributed by atoms with Crippen LogP contribution >= 0.6 is 0 Å². The smallest absolute Gasteiger partial charge is 0.339 e. The highest BCUT2D eigenvalue weighted by molar-refractivity contribution is 6.01. The SMILES string of the molecule is COC(=O)c1ccccc1NC(=O)COC(=O)C[C@@H]1C[C@H]2CC[C@@H]1C2. The number of esters is 2. The van der Waals surface area contributed by atoms with Gasteiger partial charge < -0.3 is 14.8 Å². The van der Waals surface area contributed by atoms with E-state index in [9.17, 15) is 14.4 Å². The molecular weight excluding hydrogens is 322 g/mol. The largest absolute Gasteiger partial charge is 0.465 e. The minimum absolute atomic E-state index is 0.256. The lowest BCUT2D eigenvalue weighted by atomic mass is 9.86. The summed E-state index contributed by atoms with van der Waals surface area (Å²) in [4.78, 5) is 35.7. The van der Waals surface area contributed by atoms with E-state index in [1.165, 1.54) is 26.4 Å². The van der Waals surface area contributed by atoms with Gasteiger partial charge in [-0.15, -0.1) is 0 Å². The number of anilines is 1. The Kier molecular flexibility index (Phi) is 5.36. The van der Waals surface area contributed by atoms with E-state index in [0.717, 1.165) is 12.3 Å². The molecule has 0 saturated heterocycles. The van der Waals surface area contributed by atoms with Crippen molar-refractivity contribution in [3.05, 3.63) is 29.8 Å². The average Bonchev–Trinajstić information content (AvgIpc) is 3.23. The molecule has 0 unspecified atom stereocenters. The number of hydrogen-bond donors (Lipinski definition) is 1. The first-order chi connectivity index (χ1) is 12.1. The van der Waals surface area contributed by atoms with Crippen LogP contribution < -0.4 is 5.32 Å². The number of carbonyl (C=O) groups is 3. The fourth-order valence-electron chi connectivity index (χ4n) is 4.11. The number of ether oxygens (including phenoxy) is 2. The highest BCUT2D eigenvalue weighted by atomic mass is 16.5. The van der Waals surface area contributed by atoms with Crippen LogP contribution in [0.5, 0.6) is 0 Å². The average molecular weight is 345 g/mol. The number of nitrogens with one attached hydrogen (secondary N) is 1. The molecule has 3 atom stereocenters. The topological polar surface area (TPSA) is 81.7 Å². The van der Waals surface area contributed by atoms with Crippen molar-refractivity contribution in [1.82, 2.24) is 0 Å². The van der Waals surface area contributed by atoms with Crippen LogP contribution in [0.25, 0.3) is 0 Å². The molecule has 2 saturated carbocycles. The van der Waals surface area contributed by atoms with E-state index in [-0.39, 0.29) is 18.1 Å². The van der Waals surface area contributed by atoms with Gasteiger partial charge in [-0.05, 0) is 49.1 Å². The highest BCUT2D eigenvalue weighted by Crippen LogP contribution is 2.49. The lowest BCUT2D eigenvalue weighted by Gasteiger charge is -2.20. The third-order valence-electron chi connectivity index (χ3n) is 5.28. The number of benzene rings is 1. The van der Waals surface area contributed by atoms with Crippen LogP contribution in [0.4, 0.5) is 5.69 Å². The standard InChI is InChI=1S/C19H23NO5/c1-24-19(23)15-4-2-3-5-16(15)20-17(21)11-25-18(22)10-14-9-12-6-7-13(14)8-12/h2-5,12-14H,6-11H2,1H3,(H,20,21)/t12-,13+,14-/m0/s1. The Bertz CT molecular complexity index is 672. The Balaban J connectivity index is 1.47. The zero-order valence-electron chi connectivity index (χ0n) is 14.3. The fourth-order valence-corrected chi connectivity index (χ4v) is 4.11. The van der Waals surface area contributed by atoms with E-state index in [2.05, 4.69) is 10.1 Å². The molecule has 1 amide bonds. The summed E-state index contributed by atoms with van der Waals surface area (Å²) in [5, 5.41) is 2.58. The molecule has 25 heavy (non-hydrogen) atoms. The quantitative estimate of drug-likeness (QED) is 0.802. The minimum atomic E-state index is -0.538. The molecule has 0 aliphatic heterocycles. The molecule has 1 aromatic carbocycles. The summed E-state index contributed by atoms with van der Waals surface area (Å²) < 4.78 is 9.78. The Morgan fingerprint density at radius 2 is 1.96 bits per heavy atom. The summed E-state index contributed by atoms with van der Waals surface area (Å²) >= 11 is 0. The van der Waals surface area contributed by atoms with Crippen molar-refractivity contribution in [2.24, 2.45) is 17.8 Å².